The zero-order valence-corrected chi connectivity index (χ0v) is 15.2. The molecule has 2 aromatic carbocycles. The van der Waals surface area contributed by atoms with Crippen molar-refractivity contribution in [3.05, 3.63) is 77.9 Å². The summed E-state index contributed by atoms with van der Waals surface area (Å²) in [5.74, 6) is 0.819. The highest BCUT2D eigenvalue weighted by atomic mass is 16.5. The third-order valence-corrected chi connectivity index (χ3v) is 4.92. The van der Waals surface area contributed by atoms with Gasteiger partial charge in [-0.25, -0.2) is 0 Å². The number of carbonyl (C=O) groups is 1. The molecule has 0 unspecified atom stereocenters. The average Bonchev–Trinajstić information content (AvgIpc) is 2.72. The summed E-state index contributed by atoms with van der Waals surface area (Å²) in [4.78, 5) is 14.4. The number of piperidine rings is 1. The van der Waals surface area contributed by atoms with E-state index in [0.717, 1.165) is 44.5 Å². The Hall–Kier alpha value is -2.39. The number of likely N-dealkylation sites (tertiary alicyclic amines) is 1. The molecule has 1 aliphatic heterocycles. The van der Waals surface area contributed by atoms with E-state index in [2.05, 4.69) is 24.3 Å². The van der Waals surface area contributed by atoms with Crippen molar-refractivity contribution in [3.63, 3.8) is 0 Å². The van der Waals surface area contributed by atoms with Crippen molar-refractivity contribution in [3.8, 4) is 0 Å². The van der Waals surface area contributed by atoms with Gasteiger partial charge in [-0.3, -0.25) is 4.79 Å². The van der Waals surface area contributed by atoms with E-state index >= 15 is 0 Å². The fourth-order valence-corrected chi connectivity index (χ4v) is 3.34. The van der Waals surface area contributed by atoms with E-state index < -0.39 is 0 Å². The number of hydrogen-bond donors (Lipinski definition) is 0. The van der Waals surface area contributed by atoms with Crippen molar-refractivity contribution < 1.29 is 9.53 Å². The van der Waals surface area contributed by atoms with Crippen LogP contribution in [-0.4, -0.2) is 37.1 Å². The fourth-order valence-electron chi connectivity index (χ4n) is 3.34. The molecule has 0 radical (unpaired) electrons. The fraction of sp³-hybridized carbons (Fsp3) is 0.348. The van der Waals surface area contributed by atoms with Gasteiger partial charge in [0.1, 0.15) is 0 Å². The number of benzene rings is 2. The number of nitrogens with zero attached hydrogens (tertiary/aromatic N) is 1. The van der Waals surface area contributed by atoms with Gasteiger partial charge in [0.25, 0.3) is 5.91 Å². The summed E-state index contributed by atoms with van der Waals surface area (Å²) in [6.07, 6.45) is 7.38. The molecule has 1 aliphatic rings. The third kappa shape index (κ3) is 5.57. The SMILES string of the molecule is O=C(c1ccccc1)N1CCC(CCOCC=Cc2ccccc2)CC1. The highest BCUT2D eigenvalue weighted by Crippen LogP contribution is 2.21. The monoisotopic (exact) mass is 349 g/mol. The van der Waals surface area contributed by atoms with Gasteiger partial charge < -0.3 is 9.64 Å². The van der Waals surface area contributed by atoms with Gasteiger partial charge in [0.15, 0.2) is 0 Å². The largest absolute Gasteiger partial charge is 0.377 e. The van der Waals surface area contributed by atoms with Crippen LogP contribution in [0.4, 0.5) is 0 Å². The highest BCUT2D eigenvalue weighted by molar-refractivity contribution is 5.94. The van der Waals surface area contributed by atoms with E-state index in [0.29, 0.717) is 12.5 Å². The van der Waals surface area contributed by atoms with Crippen LogP contribution in [-0.2, 0) is 4.74 Å². The Morgan fingerprint density at radius 1 is 1.00 bits per heavy atom. The molecule has 0 N–H and O–H groups in total. The summed E-state index contributed by atoms with van der Waals surface area (Å²) in [5, 5.41) is 0. The maximum Gasteiger partial charge on any atom is 0.253 e. The van der Waals surface area contributed by atoms with Crippen LogP contribution < -0.4 is 0 Å². The van der Waals surface area contributed by atoms with Gasteiger partial charge in [-0.2, -0.15) is 0 Å². The molecule has 26 heavy (non-hydrogen) atoms. The van der Waals surface area contributed by atoms with Gasteiger partial charge in [0.2, 0.25) is 0 Å². The molecule has 0 saturated carbocycles. The molecule has 3 rings (SSSR count). The van der Waals surface area contributed by atoms with Crippen LogP contribution in [0.5, 0.6) is 0 Å². The van der Waals surface area contributed by atoms with Gasteiger partial charge >= 0.3 is 0 Å². The molecule has 0 spiro atoms. The Morgan fingerprint density at radius 2 is 1.65 bits per heavy atom. The minimum Gasteiger partial charge on any atom is -0.377 e. The minimum atomic E-state index is 0.159. The van der Waals surface area contributed by atoms with Crippen molar-refractivity contribution in [2.75, 3.05) is 26.3 Å². The lowest BCUT2D eigenvalue weighted by Crippen LogP contribution is -2.38. The van der Waals surface area contributed by atoms with Crippen LogP contribution in [0, 0.1) is 5.92 Å². The summed E-state index contributed by atoms with van der Waals surface area (Å²) < 4.78 is 5.73. The highest BCUT2D eigenvalue weighted by Gasteiger charge is 2.23. The summed E-state index contributed by atoms with van der Waals surface area (Å²) >= 11 is 0. The van der Waals surface area contributed by atoms with Gasteiger partial charge in [-0.05, 0) is 42.9 Å². The molecule has 1 amide bonds. The number of amides is 1. The Morgan fingerprint density at radius 3 is 2.35 bits per heavy atom. The molecular weight excluding hydrogens is 322 g/mol. The molecule has 3 nitrogen and oxygen atoms in total. The molecule has 1 fully saturated rings. The van der Waals surface area contributed by atoms with Crippen molar-refractivity contribution >= 4 is 12.0 Å². The first-order valence-corrected chi connectivity index (χ1v) is 9.46. The second-order valence-corrected chi connectivity index (χ2v) is 6.78. The maximum absolute atomic E-state index is 12.4. The number of rotatable bonds is 7. The Kier molecular flexibility index (Phi) is 7.03. The first kappa shape index (κ1) is 18.4. The second-order valence-electron chi connectivity index (χ2n) is 6.78. The molecule has 2 aromatic rings. The number of hydrogen-bond acceptors (Lipinski definition) is 2. The molecule has 1 heterocycles. The summed E-state index contributed by atoms with van der Waals surface area (Å²) in [5.41, 5.74) is 1.99. The van der Waals surface area contributed by atoms with Gasteiger partial charge in [0, 0.05) is 25.3 Å². The lowest BCUT2D eigenvalue weighted by Gasteiger charge is -2.32. The Bertz CT molecular complexity index is 689. The lowest BCUT2D eigenvalue weighted by atomic mass is 9.93. The van der Waals surface area contributed by atoms with Crippen LogP contribution >= 0.6 is 0 Å². The quantitative estimate of drug-likeness (QED) is 0.681. The van der Waals surface area contributed by atoms with Gasteiger partial charge in [-0.1, -0.05) is 60.7 Å². The Balaban J connectivity index is 1.31. The van der Waals surface area contributed by atoms with Crippen molar-refractivity contribution in [2.45, 2.75) is 19.3 Å². The van der Waals surface area contributed by atoms with E-state index in [9.17, 15) is 4.79 Å². The normalized spacial score (nSPS) is 15.5. The number of carbonyl (C=O) groups excluding carboxylic acids is 1. The van der Waals surface area contributed by atoms with E-state index in [1.54, 1.807) is 0 Å². The van der Waals surface area contributed by atoms with E-state index in [4.69, 9.17) is 4.74 Å². The molecule has 0 atom stereocenters. The Labute approximate surface area is 156 Å². The van der Waals surface area contributed by atoms with E-state index in [1.165, 1.54) is 5.56 Å². The van der Waals surface area contributed by atoms with Crippen LogP contribution in [0.15, 0.2) is 66.7 Å². The van der Waals surface area contributed by atoms with E-state index in [1.807, 2.05) is 53.4 Å². The van der Waals surface area contributed by atoms with Crippen molar-refractivity contribution in [2.24, 2.45) is 5.92 Å². The predicted octanol–water partition coefficient (Wildman–Crippen LogP) is 4.66. The first-order valence-electron chi connectivity index (χ1n) is 9.46. The summed E-state index contributed by atoms with van der Waals surface area (Å²) in [6.45, 7) is 3.15. The van der Waals surface area contributed by atoms with Crippen LogP contribution in [0.3, 0.4) is 0 Å². The average molecular weight is 349 g/mol. The summed E-state index contributed by atoms with van der Waals surface area (Å²) in [6, 6.07) is 19.8. The topological polar surface area (TPSA) is 29.5 Å². The predicted molar refractivity (Wildman–Crippen MR) is 106 cm³/mol. The van der Waals surface area contributed by atoms with Crippen LogP contribution in [0.1, 0.15) is 35.2 Å². The first-order chi connectivity index (χ1) is 12.8. The standard InChI is InChI=1S/C23H27NO2/c25-23(22-11-5-2-6-12-22)24-16-13-21(14-17-24)15-19-26-18-7-10-20-8-3-1-4-9-20/h1-12,21H,13-19H2. The zero-order chi connectivity index (χ0) is 18.0. The molecular formula is C23H27NO2. The van der Waals surface area contributed by atoms with Crippen molar-refractivity contribution in [1.29, 1.82) is 0 Å². The third-order valence-electron chi connectivity index (χ3n) is 4.92. The molecule has 0 aromatic heterocycles. The van der Waals surface area contributed by atoms with Crippen LogP contribution in [0.2, 0.25) is 0 Å². The van der Waals surface area contributed by atoms with Gasteiger partial charge in [0.05, 0.1) is 6.61 Å². The van der Waals surface area contributed by atoms with Crippen LogP contribution in [0.25, 0.3) is 6.08 Å². The zero-order valence-electron chi connectivity index (χ0n) is 15.2. The molecule has 3 heteroatoms. The van der Waals surface area contributed by atoms with E-state index in [-0.39, 0.29) is 5.91 Å². The smallest absolute Gasteiger partial charge is 0.253 e. The molecule has 0 aliphatic carbocycles. The molecule has 136 valence electrons. The van der Waals surface area contributed by atoms with Crippen molar-refractivity contribution in [1.82, 2.24) is 4.90 Å². The summed E-state index contributed by atoms with van der Waals surface area (Å²) in [7, 11) is 0. The number of ether oxygens (including phenoxy) is 1. The maximum atomic E-state index is 12.4. The van der Waals surface area contributed by atoms with Gasteiger partial charge in [-0.15, -0.1) is 0 Å². The lowest BCUT2D eigenvalue weighted by molar-refractivity contribution is 0.0662. The molecule has 0 bridgehead atoms. The molecule has 1 saturated heterocycles. The minimum absolute atomic E-state index is 0.159. The second kappa shape index (κ2) is 9.93.